The smallest absolute Gasteiger partial charge is 0.178 e. The Morgan fingerprint density at radius 2 is 2.00 bits per heavy atom. The molecule has 4 rings (SSSR count). The first-order valence-electron chi connectivity index (χ1n) is 9.37. The molecule has 2 unspecified atom stereocenters. The third kappa shape index (κ3) is 2.84. The lowest BCUT2D eigenvalue weighted by molar-refractivity contribution is 0.0873. The summed E-state index contributed by atoms with van der Waals surface area (Å²) in [4.78, 5) is 15.0. The van der Waals surface area contributed by atoms with Gasteiger partial charge in [0.2, 0.25) is 0 Å². The van der Waals surface area contributed by atoms with Crippen molar-refractivity contribution in [3.05, 3.63) is 52.3 Å². The Morgan fingerprint density at radius 1 is 1.25 bits per heavy atom. The number of halogens is 2. The lowest BCUT2D eigenvalue weighted by atomic mass is 9.98. The van der Waals surface area contributed by atoms with Gasteiger partial charge in [0.1, 0.15) is 17.7 Å². The SMILES string of the molecule is Cc1cc(C(=O)CN2C3CCC2[C@H](O)C3)c(C)n1-c1cc(F)c(C#N)cc1F. The number of carbonyl (C=O) groups is 1. The molecule has 2 bridgehead atoms. The van der Waals surface area contributed by atoms with Crippen molar-refractivity contribution in [2.24, 2.45) is 0 Å². The number of ketones is 1. The molecule has 0 spiro atoms. The summed E-state index contributed by atoms with van der Waals surface area (Å²) < 4.78 is 30.0. The highest BCUT2D eigenvalue weighted by Crippen LogP contribution is 2.37. The molecule has 2 aliphatic rings. The minimum Gasteiger partial charge on any atom is -0.391 e. The molecule has 1 N–H and O–H groups in total. The standard InChI is InChI=1S/C21H21F2N3O2/c1-11-5-15(21(28)10-25-14-3-4-18(25)20(27)7-14)12(2)26(11)19-8-16(22)13(9-24)6-17(19)23/h5-6,8,14,18,20,27H,3-4,7,10H2,1-2H3/t14?,18?,20-/m1/s1. The van der Waals surface area contributed by atoms with Gasteiger partial charge in [-0.1, -0.05) is 0 Å². The predicted octanol–water partition coefficient (Wildman–Crippen LogP) is 3.02. The summed E-state index contributed by atoms with van der Waals surface area (Å²) in [7, 11) is 0. The molecular formula is C21H21F2N3O2. The lowest BCUT2D eigenvalue weighted by Gasteiger charge is -2.21. The van der Waals surface area contributed by atoms with Crippen molar-refractivity contribution in [3.63, 3.8) is 0 Å². The quantitative estimate of drug-likeness (QED) is 0.822. The monoisotopic (exact) mass is 385 g/mol. The molecule has 7 heteroatoms. The van der Waals surface area contributed by atoms with Crippen LogP contribution < -0.4 is 0 Å². The number of carbonyl (C=O) groups excluding carboxylic acids is 1. The number of aromatic nitrogens is 1. The third-order valence-corrected chi connectivity index (χ3v) is 6.10. The molecule has 2 aromatic rings. The van der Waals surface area contributed by atoms with Crippen LogP contribution in [-0.4, -0.2) is 45.1 Å². The number of rotatable bonds is 4. The molecule has 1 aromatic heterocycles. The molecule has 2 saturated heterocycles. The van der Waals surface area contributed by atoms with Gasteiger partial charge < -0.3 is 9.67 Å². The fourth-order valence-corrected chi connectivity index (χ4v) is 4.77. The van der Waals surface area contributed by atoms with E-state index in [1.54, 1.807) is 26.0 Å². The summed E-state index contributed by atoms with van der Waals surface area (Å²) >= 11 is 0. The predicted molar refractivity (Wildman–Crippen MR) is 98.3 cm³/mol. The lowest BCUT2D eigenvalue weighted by Crippen LogP contribution is -2.36. The van der Waals surface area contributed by atoms with Crippen LogP contribution in [0.3, 0.4) is 0 Å². The number of aliphatic hydroxyl groups is 1. The number of hydrogen-bond donors (Lipinski definition) is 1. The van der Waals surface area contributed by atoms with Crippen LogP contribution in [0.1, 0.15) is 46.6 Å². The van der Waals surface area contributed by atoms with Gasteiger partial charge in [0, 0.05) is 35.1 Å². The molecule has 2 fully saturated rings. The van der Waals surface area contributed by atoms with Crippen molar-refractivity contribution in [1.29, 1.82) is 5.26 Å². The first kappa shape index (κ1) is 18.8. The van der Waals surface area contributed by atoms with Crippen molar-refractivity contribution in [1.82, 2.24) is 9.47 Å². The first-order valence-corrected chi connectivity index (χ1v) is 9.37. The van der Waals surface area contributed by atoms with Crippen molar-refractivity contribution in [2.45, 2.75) is 51.3 Å². The number of Topliss-reactive ketones (excluding diaryl/α,β-unsaturated/α-hetero) is 1. The summed E-state index contributed by atoms with van der Waals surface area (Å²) in [5.41, 5.74) is 1.21. The van der Waals surface area contributed by atoms with E-state index in [1.165, 1.54) is 4.57 Å². The van der Waals surface area contributed by atoms with Crippen molar-refractivity contribution >= 4 is 5.78 Å². The molecule has 28 heavy (non-hydrogen) atoms. The maximum Gasteiger partial charge on any atom is 0.178 e. The molecule has 5 nitrogen and oxygen atoms in total. The molecule has 3 atom stereocenters. The zero-order valence-electron chi connectivity index (χ0n) is 15.7. The maximum atomic E-state index is 14.5. The summed E-state index contributed by atoms with van der Waals surface area (Å²) in [5, 5.41) is 18.9. The maximum absolute atomic E-state index is 14.5. The van der Waals surface area contributed by atoms with E-state index < -0.39 is 11.6 Å². The Labute approximate surface area is 161 Å². The molecule has 0 aliphatic carbocycles. The second kappa shape index (κ2) is 6.80. The van der Waals surface area contributed by atoms with Gasteiger partial charge in [-0.15, -0.1) is 0 Å². The van der Waals surface area contributed by atoms with E-state index >= 15 is 0 Å². The van der Waals surface area contributed by atoms with E-state index in [0.717, 1.165) is 25.0 Å². The number of aryl methyl sites for hydroxylation is 1. The highest BCUT2D eigenvalue weighted by atomic mass is 19.1. The first-order chi connectivity index (χ1) is 13.3. The van der Waals surface area contributed by atoms with E-state index in [9.17, 15) is 18.7 Å². The summed E-state index contributed by atoms with van der Waals surface area (Å²) in [6.07, 6.45) is 2.21. The number of fused-ring (bicyclic) bond motifs is 2. The van der Waals surface area contributed by atoms with E-state index in [4.69, 9.17) is 5.26 Å². The second-order valence-electron chi connectivity index (χ2n) is 7.71. The molecule has 0 saturated carbocycles. The van der Waals surface area contributed by atoms with Crippen molar-refractivity contribution in [3.8, 4) is 11.8 Å². The summed E-state index contributed by atoms with van der Waals surface area (Å²) in [5.74, 6) is -1.62. The molecule has 0 amide bonds. The second-order valence-corrected chi connectivity index (χ2v) is 7.71. The Balaban J connectivity index is 1.66. The number of hydrogen-bond acceptors (Lipinski definition) is 4. The Morgan fingerprint density at radius 3 is 2.61 bits per heavy atom. The zero-order valence-corrected chi connectivity index (χ0v) is 15.7. The fraction of sp³-hybridized carbons (Fsp3) is 0.429. The minimum atomic E-state index is -0.804. The Bertz CT molecular complexity index is 1010. The van der Waals surface area contributed by atoms with Crippen LogP contribution in [0.15, 0.2) is 18.2 Å². The molecular weight excluding hydrogens is 364 g/mol. The number of nitriles is 1. The number of aliphatic hydroxyl groups excluding tert-OH is 1. The topological polar surface area (TPSA) is 69.3 Å². The van der Waals surface area contributed by atoms with E-state index in [1.807, 2.05) is 0 Å². The van der Waals surface area contributed by atoms with Crippen molar-refractivity contribution in [2.75, 3.05) is 6.54 Å². The zero-order chi connectivity index (χ0) is 20.2. The Hall–Kier alpha value is -2.56. The summed E-state index contributed by atoms with van der Waals surface area (Å²) in [6, 6.07) is 5.42. The molecule has 146 valence electrons. The highest BCUT2D eigenvalue weighted by Gasteiger charge is 2.46. The Kier molecular flexibility index (Phi) is 4.56. The normalized spacial score (nSPS) is 23.9. The van der Waals surface area contributed by atoms with Crippen LogP contribution in [0.2, 0.25) is 0 Å². The fourth-order valence-electron chi connectivity index (χ4n) is 4.77. The molecule has 0 radical (unpaired) electrons. The van der Waals surface area contributed by atoms with Crippen LogP contribution >= 0.6 is 0 Å². The highest BCUT2D eigenvalue weighted by molar-refractivity contribution is 5.99. The largest absolute Gasteiger partial charge is 0.391 e. The van der Waals surface area contributed by atoms with Gasteiger partial charge >= 0.3 is 0 Å². The average molecular weight is 385 g/mol. The molecule has 2 aliphatic heterocycles. The van der Waals surface area contributed by atoms with Crippen LogP contribution in [-0.2, 0) is 0 Å². The van der Waals surface area contributed by atoms with E-state index in [2.05, 4.69) is 4.90 Å². The van der Waals surface area contributed by atoms with Crippen molar-refractivity contribution < 1.29 is 18.7 Å². The number of benzene rings is 1. The van der Waals surface area contributed by atoms with Gasteiger partial charge in [-0.25, -0.2) is 8.78 Å². The van der Waals surface area contributed by atoms with E-state index in [-0.39, 0.29) is 41.8 Å². The van der Waals surface area contributed by atoms with Gasteiger partial charge in [0.15, 0.2) is 5.78 Å². The van der Waals surface area contributed by atoms with Gasteiger partial charge in [0.25, 0.3) is 0 Å². The minimum absolute atomic E-state index is 0.0257. The van der Waals surface area contributed by atoms with Crippen LogP contribution in [0.4, 0.5) is 8.78 Å². The van der Waals surface area contributed by atoms with Crippen LogP contribution in [0, 0.1) is 36.8 Å². The molecule has 3 heterocycles. The van der Waals surface area contributed by atoms with Crippen LogP contribution in [0.25, 0.3) is 5.69 Å². The molecule has 1 aromatic carbocycles. The van der Waals surface area contributed by atoms with Gasteiger partial charge in [-0.2, -0.15) is 5.26 Å². The van der Waals surface area contributed by atoms with Crippen LogP contribution in [0.5, 0.6) is 0 Å². The van der Waals surface area contributed by atoms with Gasteiger partial charge in [-0.3, -0.25) is 9.69 Å². The average Bonchev–Trinajstić information content (AvgIpc) is 3.27. The number of nitrogens with zero attached hydrogens (tertiary/aromatic N) is 3. The van der Waals surface area contributed by atoms with E-state index in [0.29, 0.717) is 23.4 Å². The van der Waals surface area contributed by atoms with Gasteiger partial charge in [0.05, 0.1) is 23.9 Å². The van der Waals surface area contributed by atoms with Gasteiger partial charge in [-0.05, 0) is 45.2 Å². The summed E-state index contributed by atoms with van der Waals surface area (Å²) in [6.45, 7) is 3.63. The third-order valence-electron chi connectivity index (χ3n) is 6.10.